The number of nitrogens with zero attached hydrogens (tertiary/aromatic N) is 2. The molecule has 5 heteroatoms. The van der Waals surface area contributed by atoms with Crippen molar-refractivity contribution >= 4 is 31.9 Å². The van der Waals surface area contributed by atoms with Crippen molar-refractivity contribution in [1.82, 2.24) is 4.98 Å². The third-order valence-corrected chi connectivity index (χ3v) is 4.60. The van der Waals surface area contributed by atoms with Crippen molar-refractivity contribution in [3.8, 4) is 17.7 Å². The van der Waals surface area contributed by atoms with Crippen molar-refractivity contribution in [2.75, 3.05) is 0 Å². The molecule has 1 aromatic heterocycles. The maximum Gasteiger partial charge on any atom is 0.237 e. The van der Waals surface area contributed by atoms with E-state index in [4.69, 9.17) is 4.74 Å². The Morgan fingerprint density at radius 1 is 1.14 bits per heavy atom. The average Bonchev–Trinajstić information content (AvgIpc) is 2.49. The maximum absolute atomic E-state index is 9.32. The van der Waals surface area contributed by atoms with Gasteiger partial charge in [-0.1, -0.05) is 15.9 Å². The number of aromatic nitrogens is 1. The predicted molar refractivity (Wildman–Crippen MR) is 87.5 cm³/mol. The van der Waals surface area contributed by atoms with Crippen LogP contribution in [0, 0.1) is 11.3 Å². The van der Waals surface area contributed by atoms with Crippen LogP contribution in [0.3, 0.4) is 0 Å². The van der Waals surface area contributed by atoms with E-state index in [0.29, 0.717) is 17.2 Å². The third-order valence-electron chi connectivity index (χ3n) is 3.49. The van der Waals surface area contributed by atoms with Gasteiger partial charge in [-0.3, -0.25) is 0 Å². The molecule has 1 aromatic carbocycles. The van der Waals surface area contributed by atoms with E-state index in [1.807, 2.05) is 24.3 Å². The lowest BCUT2D eigenvalue weighted by Crippen LogP contribution is -2.07. The molecule has 0 saturated carbocycles. The number of fused-ring (bicyclic) bond motifs is 1. The fourth-order valence-electron chi connectivity index (χ4n) is 2.43. The highest BCUT2D eigenvalue weighted by molar-refractivity contribution is 9.11. The van der Waals surface area contributed by atoms with Gasteiger partial charge in [-0.15, -0.1) is 0 Å². The van der Waals surface area contributed by atoms with Crippen LogP contribution in [-0.2, 0) is 12.8 Å². The van der Waals surface area contributed by atoms with Crippen LogP contribution in [0.5, 0.6) is 11.6 Å². The van der Waals surface area contributed by atoms with Crippen molar-refractivity contribution < 1.29 is 4.74 Å². The molecule has 0 saturated heterocycles. The summed E-state index contributed by atoms with van der Waals surface area (Å²) < 4.78 is 7.63. The molecule has 0 radical (unpaired) electrons. The van der Waals surface area contributed by atoms with Gasteiger partial charge in [0.1, 0.15) is 17.4 Å². The van der Waals surface area contributed by atoms with E-state index in [1.54, 1.807) is 0 Å². The first-order valence-electron chi connectivity index (χ1n) is 6.73. The number of pyridine rings is 1. The normalized spacial score (nSPS) is 13.4. The largest absolute Gasteiger partial charge is 0.436 e. The lowest BCUT2D eigenvalue weighted by molar-refractivity contribution is 0.453. The minimum absolute atomic E-state index is 0.390. The summed E-state index contributed by atoms with van der Waals surface area (Å²) in [5.74, 6) is 1.04. The van der Waals surface area contributed by atoms with Crippen LogP contribution in [0.25, 0.3) is 0 Å². The molecule has 0 atom stereocenters. The second-order valence-electron chi connectivity index (χ2n) is 4.94. The number of hydrogen-bond acceptors (Lipinski definition) is 3. The van der Waals surface area contributed by atoms with Gasteiger partial charge in [0, 0.05) is 10.2 Å². The second-order valence-corrected chi connectivity index (χ2v) is 6.71. The number of rotatable bonds is 2. The Labute approximate surface area is 140 Å². The summed E-state index contributed by atoms with van der Waals surface area (Å²) >= 11 is 6.87. The van der Waals surface area contributed by atoms with E-state index in [2.05, 4.69) is 42.9 Å². The van der Waals surface area contributed by atoms with E-state index < -0.39 is 0 Å². The highest BCUT2D eigenvalue weighted by Gasteiger charge is 2.17. The molecule has 0 N–H and O–H groups in total. The Balaban J connectivity index is 1.99. The van der Waals surface area contributed by atoms with E-state index in [1.165, 1.54) is 5.56 Å². The second kappa shape index (κ2) is 6.17. The van der Waals surface area contributed by atoms with Crippen LogP contribution in [-0.4, -0.2) is 4.98 Å². The zero-order valence-corrected chi connectivity index (χ0v) is 14.4. The van der Waals surface area contributed by atoms with Crippen molar-refractivity contribution in [1.29, 1.82) is 5.26 Å². The highest BCUT2D eigenvalue weighted by Crippen LogP contribution is 2.34. The summed E-state index contributed by atoms with van der Waals surface area (Å²) in [6, 6.07) is 9.74. The van der Waals surface area contributed by atoms with Gasteiger partial charge in [-0.2, -0.15) is 5.26 Å². The number of aryl methyl sites for hydroxylation is 2. The summed E-state index contributed by atoms with van der Waals surface area (Å²) in [5.41, 5.74) is 2.73. The standard InChI is InChI=1S/C16H12Br2N2O/c17-12-5-6-15(13(18)8-12)21-16-11(9-19)7-10-3-1-2-4-14(10)20-16/h5-8H,1-4H2. The summed E-state index contributed by atoms with van der Waals surface area (Å²) in [4.78, 5) is 4.57. The molecule has 3 rings (SSSR count). The van der Waals surface area contributed by atoms with Crippen LogP contribution < -0.4 is 4.74 Å². The number of halogens is 2. The first kappa shape index (κ1) is 14.6. The SMILES string of the molecule is N#Cc1cc2c(nc1Oc1ccc(Br)cc1Br)CCCC2. The van der Waals surface area contributed by atoms with Gasteiger partial charge in [0.2, 0.25) is 5.88 Å². The van der Waals surface area contributed by atoms with Gasteiger partial charge in [0.15, 0.2) is 0 Å². The smallest absolute Gasteiger partial charge is 0.237 e. The molecule has 3 nitrogen and oxygen atoms in total. The quantitative estimate of drug-likeness (QED) is 0.691. The first-order valence-corrected chi connectivity index (χ1v) is 8.32. The van der Waals surface area contributed by atoms with E-state index in [0.717, 1.165) is 40.3 Å². The van der Waals surface area contributed by atoms with Gasteiger partial charge in [-0.05, 0) is 71.4 Å². The minimum atomic E-state index is 0.390. The van der Waals surface area contributed by atoms with Gasteiger partial charge < -0.3 is 4.74 Å². The van der Waals surface area contributed by atoms with Crippen LogP contribution in [0.15, 0.2) is 33.2 Å². The summed E-state index contributed by atoms with van der Waals surface area (Å²) in [7, 11) is 0. The first-order chi connectivity index (χ1) is 10.2. The van der Waals surface area contributed by atoms with Crippen molar-refractivity contribution in [3.63, 3.8) is 0 Å². The molecule has 0 spiro atoms. The monoisotopic (exact) mass is 406 g/mol. The third kappa shape index (κ3) is 3.12. The van der Waals surface area contributed by atoms with Crippen molar-refractivity contribution in [2.45, 2.75) is 25.7 Å². The average molecular weight is 408 g/mol. The van der Waals surface area contributed by atoms with E-state index in [-0.39, 0.29) is 0 Å². The van der Waals surface area contributed by atoms with Crippen molar-refractivity contribution in [2.24, 2.45) is 0 Å². The Hall–Kier alpha value is -1.38. The van der Waals surface area contributed by atoms with Crippen molar-refractivity contribution in [3.05, 3.63) is 50.0 Å². The molecule has 0 unspecified atom stereocenters. The Bertz CT molecular complexity index is 738. The van der Waals surface area contributed by atoms with Gasteiger partial charge in [0.25, 0.3) is 0 Å². The van der Waals surface area contributed by atoms with Gasteiger partial charge in [-0.25, -0.2) is 4.98 Å². The number of benzene rings is 1. The Morgan fingerprint density at radius 2 is 1.95 bits per heavy atom. The molecule has 1 aliphatic carbocycles. The van der Waals surface area contributed by atoms with E-state index in [9.17, 15) is 5.26 Å². The molecule has 1 heterocycles. The fourth-order valence-corrected chi connectivity index (χ4v) is 3.56. The minimum Gasteiger partial charge on any atom is -0.436 e. The van der Waals surface area contributed by atoms with Crippen LogP contribution in [0.2, 0.25) is 0 Å². The zero-order valence-electron chi connectivity index (χ0n) is 11.2. The summed E-state index contributed by atoms with van der Waals surface area (Å²) in [6.07, 6.45) is 4.27. The molecule has 0 fully saturated rings. The molecular formula is C16H12Br2N2O. The molecule has 106 valence electrons. The molecule has 2 aromatic rings. The molecule has 0 amide bonds. The summed E-state index contributed by atoms with van der Waals surface area (Å²) in [5, 5.41) is 9.32. The maximum atomic E-state index is 9.32. The zero-order chi connectivity index (χ0) is 14.8. The summed E-state index contributed by atoms with van der Waals surface area (Å²) in [6.45, 7) is 0. The lowest BCUT2D eigenvalue weighted by atomic mass is 9.95. The highest BCUT2D eigenvalue weighted by atomic mass is 79.9. The molecule has 0 aliphatic heterocycles. The number of nitriles is 1. The fraction of sp³-hybridized carbons (Fsp3) is 0.250. The van der Waals surface area contributed by atoms with Crippen LogP contribution in [0.4, 0.5) is 0 Å². The Morgan fingerprint density at radius 3 is 2.71 bits per heavy atom. The molecule has 21 heavy (non-hydrogen) atoms. The number of ether oxygens (including phenoxy) is 1. The number of hydrogen-bond donors (Lipinski definition) is 0. The molecule has 0 bridgehead atoms. The van der Waals surface area contributed by atoms with Crippen LogP contribution >= 0.6 is 31.9 Å². The predicted octanol–water partition coefficient (Wildman–Crippen LogP) is 5.15. The molecular weight excluding hydrogens is 396 g/mol. The molecule has 1 aliphatic rings. The lowest BCUT2D eigenvalue weighted by Gasteiger charge is -2.17. The topological polar surface area (TPSA) is 45.9 Å². The van der Waals surface area contributed by atoms with Gasteiger partial charge in [0.05, 0.1) is 4.47 Å². The van der Waals surface area contributed by atoms with Crippen LogP contribution in [0.1, 0.15) is 29.7 Å². The van der Waals surface area contributed by atoms with Gasteiger partial charge >= 0.3 is 0 Å². The Kier molecular flexibility index (Phi) is 4.27. The van der Waals surface area contributed by atoms with E-state index >= 15 is 0 Å².